The first-order valence-corrected chi connectivity index (χ1v) is 6.50. The Balaban J connectivity index is 2.18. The number of hydrogen-bond acceptors (Lipinski definition) is 5. The summed E-state index contributed by atoms with van der Waals surface area (Å²) in [5, 5.41) is 9.05. The van der Waals surface area contributed by atoms with Gasteiger partial charge in [0.2, 0.25) is 5.91 Å². The normalized spacial score (nSPS) is 16.1. The number of anilines is 1. The van der Waals surface area contributed by atoms with Gasteiger partial charge in [-0.3, -0.25) is 4.79 Å². The van der Waals surface area contributed by atoms with E-state index in [-0.39, 0.29) is 18.1 Å². The number of rotatable bonds is 3. The molecule has 100 valence electrons. The number of carbonyl (C=O) groups is 1. The van der Waals surface area contributed by atoms with E-state index in [4.69, 9.17) is 5.26 Å². The molecule has 1 aliphatic rings. The molecule has 19 heavy (non-hydrogen) atoms. The summed E-state index contributed by atoms with van der Waals surface area (Å²) in [6, 6.07) is 2.02. The second-order valence-electron chi connectivity index (χ2n) is 4.50. The molecule has 2 rings (SSSR count). The van der Waals surface area contributed by atoms with E-state index in [2.05, 4.69) is 16.9 Å². The lowest BCUT2D eigenvalue weighted by Gasteiger charge is -2.22. The van der Waals surface area contributed by atoms with Gasteiger partial charge < -0.3 is 9.80 Å². The van der Waals surface area contributed by atoms with E-state index < -0.39 is 0 Å². The van der Waals surface area contributed by atoms with Crippen molar-refractivity contribution in [3.63, 3.8) is 0 Å². The third kappa shape index (κ3) is 2.99. The Morgan fingerprint density at radius 1 is 1.37 bits per heavy atom. The Morgan fingerprint density at radius 2 is 2.16 bits per heavy atom. The summed E-state index contributed by atoms with van der Waals surface area (Å²) in [7, 11) is 0. The van der Waals surface area contributed by atoms with Gasteiger partial charge >= 0.3 is 0 Å². The lowest BCUT2D eigenvalue weighted by atomic mass is 10.3. The zero-order valence-electron chi connectivity index (χ0n) is 11.0. The number of nitriles is 1. The van der Waals surface area contributed by atoms with Gasteiger partial charge in [0.15, 0.2) is 11.5 Å². The maximum Gasteiger partial charge on any atom is 0.242 e. The van der Waals surface area contributed by atoms with Crippen molar-refractivity contribution in [1.29, 1.82) is 5.26 Å². The largest absolute Gasteiger partial charge is 0.345 e. The average Bonchev–Trinajstić information content (AvgIpc) is 2.62. The van der Waals surface area contributed by atoms with E-state index in [1.54, 1.807) is 6.20 Å². The fourth-order valence-corrected chi connectivity index (χ4v) is 2.25. The molecule has 6 nitrogen and oxygen atoms in total. The predicted molar refractivity (Wildman–Crippen MR) is 70.4 cm³/mol. The Labute approximate surface area is 112 Å². The summed E-state index contributed by atoms with van der Waals surface area (Å²) in [5.74, 6) is 0.602. The van der Waals surface area contributed by atoms with Crippen LogP contribution in [-0.2, 0) is 4.79 Å². The van der Waals surface area contributed by atoms with Gasteiger partial charge in [0.25, 0.3) is 0 Å². The quantitative estimate of drug-likeness (QED) is 0.802. The van der Waals surface area contributed by atoms with Gasteiger partial charge in [-0.25, -0.2) is 9.97 Å². The molecule has 2 heterocycles. The molecule has 0 atom stereocenters. The highest BCUT2D eigenvalue weighted by Gasteiger charge is 2.23. The fourth-order valence-electron chi connectivity index (χ4n) is 2.25. The topological polar surface area (TPSA) is 73.1 Å². The maximum absolute atomic E-state index is 12.1. The summed E-state index contributed by atoms with van der Waals surface area (Å²) in [6.45, 7) is 4.61. The third-order valence-electron chi connectivity index (χ3n) is 3.11. The first-order chi connectivity index (χ1) is 9.26. The average molecular weight is 259 g/mol. The number of amides is 1. The molecule has 0 saturated carbocycles. The second-order valence-corrected chi connectivity index (χ2v) is 4.50. The molecule has 0 radical (unpaired) electrons. The van der Waals surface area contributed by atoms with Crippen LogP contribution in [0.15, 0.2) is 12.4 Å². The van der Waals surface area contributed by atoms with Gasteiger partial charge in [0, 0.05) is 32.0 Å². The second kappa shape index (κ2) is 6.14. The van der Waals surface area contributed by atoms with Crippen LogP contribution in [0.5, 0.6) is 0 Å². The first kappa shape index (κ1) is 13.3. The van der Waals surface area contributed by atoms with E-state index >= 15 is 0 Å². The molecule has 1 fully saturated rings. The van der Waals surface area contributed by atoms with Crippen molar-refractivity contribution in [2.75, 3.05) is 31.1 Å². The van der Waals surface area contributed by atoms with E-state index in [1.165, 1.54) is 6.20 Å². The molecule has 0 spiro atoms. The third-order valence-corrected chi connectivity index (χ3v) is 3.11. The smallest absolute Gasteiger partial charge is 0.242 e. The van der Waals surface area contributed by atoms with Crippen LogP contribution < -0.4 is 4.90 Å². The molecular formula is C13H17N5O. The van der Waals surface area contributed by atoms with Crippen molar-refractivity contribution in [1.82, 2.24) is 14.9 Å². The molecule has 1 saturated heterocycles. The maximum atomic E-state index is 12.1. The number of hydrogen-bond donors (Lipinski definition) is 0. The van der Waals surface area contributed by atoms with E-state index in [0.717, 1.165) is 32.5 Å². The highest BCUT2D eigenvalue weighted by atomic mass is 16.2. The predicted octanol–water partition coefficient (Wildman–Crippen LogP) is 0.797. The van der Waals surface area contributed by atoms with Crippen molar-refractivity contribution in [2.24, 2.45) is 0 Å². The van der Waals surface area contributed by atoms with Crippen molar-refractivity contribution in [3.8, 4) is 6.07 Å². The minimum atomic E-state index is 0.0916. The molecule has 1 amide bonds. The summed E-state index contributed by atoms with van der Waals surface area (Å²) in [4.78, 5) is 24.1. The Kier molecular flexibility index (Phi) is 4.29. The van der Waals surface area contributed by atoms with Crippen LogP contribution in [0, 0.1) is 11.3 Å². The number of nitrogens with zero attached hydrogens (tertiary/aromatic N) is 5. The molecule has 1 aliphatic heterocycles. The number of aromatic nitrogens is 2. The van der Waals surface area contributed by atoms with Gasteiger partial charge in [-0.05, 0) is 12.8 Å². The van der Waals surface area contributed by atoms with E-state index in [1.807, 2.05) is 15.9 Å². The van der Waals surface area contributed by atoms with Crippen LogP contribution in [0.2, 0.25) is 0 Å². The highest BCUT2D eigenvalue weighted by Crippen LogP contribution is 2.16. The Hall–Kier alpha value is -2.16. The van der Waals surface area contributed by atoms with E-state index in [9.17, 15) is 4.79 Å². The Bertz CT molecular complexity index is 496. The molecule has 6 heteroatoms. The summed E-state index contributed by atoms with van der Waals surface area (Å²) in [6.07, 6.45) is 4.88. The summed E-state index contributed by atoms with van der Waals surface area (Å²) in [5.41, 5.74) is 0.277. The summed E-state index contributed by atoms with van der Waals surface area (Å²) < 4.78 is 0. The van der Waals surface area contributed by atoms with Crippen LogP contribution in [0.3, 0.4) is 0 Å². The molecule has 0 bridgehead atoms. The van der Waals surface area contributed by atoms with Crippen LogP contribution in [-0.4, -0.2) is 47.0 Å². The van der Waals surface area contributed by atoms with Gasteiger partial charge in [-0.1, -0.05) is 6.92 Å². The minimum Gasteiger partial charge on any atom is -0.345 e. The van der Waals surface area contributed by atoms with Crippen molar-refractivity contribution in [2.45, 2.75) is 19.8 Å². The lowest BCUT2D eigenvalue weighted by molar-refractivity contribution is -0.129. The van der Waals surface area contributed by atoms with Crippen LogP contribution in [0.25, 0.3) is 0 Å². The van der Waals surface area contributed by atoms with Crippen LogP contribution in [0.1, 0.15) is 25.5 Å². The van der Waals surface area contributed by atoms with E-state index in [0.29, 0.717) is 5.82 Å². The standard InChI is InChI=1S/C13H17N5O/c1-2-6-17-7-3-8-18(10-12(17)19)13-11(9-14)15-4-5-16-13/h4-5H,2-3,6-8,10H2,1H3. The van der Waals surface area contributed by atoms with Gasteiger partial charge in [-0.15, -0.1) is 0 Å². The van der Waals surface area contributed by atoms with Gasteiger partial charge in [0.1, 0.15) is 6.07 Å². The zero-order chi connectivity index (χ0) is 13.7. The summed E-state index contributed by atoms with van der Waals surface area (Å²) >= 11 is 0. The fraction of sp³-hybridized carbons (Fsp3) is 0.538. The Morgan fingerprint density at radius 3 is 2.89 bits per heavy atom. The highest BCUT2D eigenvalue weighted by molar-refractivity contribution is 5.82. The molecule has 1 aromatic heterocycles. The monoisotopic (exact) mass is 259 g/mol. The lowest BCUT2D eigenvalue weighted by Crippen LogP contribution is -2.37. The SMILES string of the molecule is CCCN1CCCN(c2nccnc2C#N)CC1=O. The first-order valence-electron chi connectivity index (χ1n) is 6.50. The molecule has 0 aromatic carbocycles. The van der Waals surface area contributed by atoms with Gasteiger partial charge in [0.05, 0.1) is 6.54 Å². The zero-order valence-corrected chi connectivity index (χ0v) is 11.0. The molecule has 0 unspecified atom stereocenters. The van der Waals surface area contributed by atoms with Crippen molar-refractivity contribution in [3.05, 3.63) is 18.1 Å². The molecule has 0 N–H and O–H groups in total. The van der Waals surface area contributed by atoms with Crippen molar-refractivity contribution < 1.29 is 4.79 Å². The number of carbonyl (C=O) groups excluding carboxylic acids is 1. The minimum absolute atomic E-state index is 0.0916. The molecule has 1 aromatic rings. The molecular weight excluding hydrogens is 242 g/mol. The van der Waals surface area contributed by atoms with Gasteiger partial charge in [-0.2, -0.15) is 5.26 Å². The van der Waals surface area contributed by atoms with Crippen molar-refractivity contribution >= 4 is 11.7 Å². The van der Waals surface area contributed by atoms with Crippen LogP contribution in [0.4, 0.5) is 5.82 Å². The molecule has 0 aliphatic carbocycles. The van der Waals surface area contributed by atoms with Crippen LogP contribution >= 0.6 is 0 Å².